The van der Waals surface area contributed by atoms with Crippen molar-refractivity contribution in [3.8, 4) is 0 Å². The lowest BCUT2D eigenvalue weighted by molar-refractivity contribution is 0.628. The average Bonchev–Trinajstić information content (AvgIpc) is 2.60. The Balaban J connectivity index is 1.96. The summed E-state index contributed by atoms with van der Waals surface area (Å²) in [6.07, 6.45) is 1.71. The van der Waals surface area contributed by atoms with Gasteiger partial charge < -0.3 is 0 Å². The monoisotopic (exact) mass is 325 g/mol. The Morgan fingerprint density at radius 3 is 2.48 bits per heavy atom. The number of hydrazone groups is 1. The van der Waals surface area contributed by atoms with Gasteiger partial charge in [-0.2, -0.15) is 5.10 Å². The highest BCUT2D eigenvalue weighted by Crippen LogP contribution is 2.19. The first-order valence-corrected chi connectivity index (χ1v) is 7.37. The molecule has 3 aromatic rings. The highest BCUT2D eigenvalue weighted by molar-refractivity contribution is 6.31. The van der Waals surface area contributed by atoms with Crippen molar-refractivity contribution in [2.75, 3.05) is 5.43 Å². The van der Waals surface area contributed by atoms with Gasteiger partial charge in [0.25, 0.3) is 0 Å². The van der Waals surface area contributed by atoms with Gasteiger partial charge in [0.1, 0.15) is 11.5 Å². The molecule has 2 aromatic carbocycles. The second kappa shape index (κ2) is 7.03. The molecule has 1 N–H and O–H groups in total. The number of hydrogen-bond acceptors (Lipinski definition) is 3. The maximum absolute atomic E-state index is 13.2. The molecule has 0 saturated heterocycles. The average molecular weight is 326 g/mol. The first-order chi connectivity index (χ1) is 11.2. The van der Waals surface area contributed by atoms with Gasteiger partial charge in [-0.3, -0.25) is 10.4 Å². The third-order valence-electron chi connectivity index (χ3n) is 3.17. The summed E-state index contributed by atoms with van der Waals surface area (Å²) in [7, 11) is 0. The van der Waals surface area contributed by atoms with Crippen LogP contribution in [-0.4, -0.2) is 10.7 Å². The van der Waals surface area contributed by atoms with E-state index in [9.17, 15) is 4.39 Å². The van der Waals surface area contributed by atoms with Gasteiger partial charge in [0.05, 0.1) is 16.4 Å². The fourth-order valence-corrected chi connectivity index (χ4v) is 2.24. The molecule has 0 radical (unpaired) electrons. The van der Waals surface area contributed by atoms with Crippen molar-refractivity contribution in [2.24, 2.45) is 5.10 Å². The zero-order chi connectivity index (χ0) is 16.1. The summed E-state index contributed by atoms with van der Waals surface area (Å²) >= 11 is 5.79. The Morgan fingerprint density at radius 2 is 1.78 bits per heavy atom. The zero-order valence-electron chi connectivity index (χ0n) is 12.1. The molecular formula is C18H13ClFN3. The van der Waals surface area contributed by atoms with Crippen LogP contribution in [0.25, 0.3) is 0 Å². The van der Waals surface area contributed by atoms with Gasteiger partial charge in [-0.15, -0.1) is 0 Å². The molecule has 0 atom stereocenters. The second-order valence-electron chi connectivity index (χ2n) is 4.78. The van der Waals surface area contributed by atoms with Gasteiger partial charge in [-0.05, 0) is 30.3 Å². The smallest absolute Gasteiger partial charge is 0.141 e. The van der Waals surface area contributed by atoms with E-state index >= 15 is 0 Å². The normalized spacial score (nSPS) is 11.3. The van der Waals surface area contributed by atoms with E-state index in [0.717, 1.165) is 11.3 Å². The predicted octanol–water partition coefficient (Wildman–Crippen LogP) is 4.74. The van der Waals surface area contributed by atoms with Crippen LogP contribution >= 0.6 is 11.6 Å². The molecule has 0 bridgehead atoms. The quantitative estimate of drug-likeness (QED) is 0.555. The molecular weight excluding hydrogens is 313 g/mol. The number of halogens is 2. The number of anilines is 1. The summed E-state index contributed by atoms with van der Waals surface area (Å²) in [6.45, 7) is 0. The lowest BCUT2D eigenvalue weighted by Gasteiger charge is -2.08. The fraction of sp³-hybridized carbons (Fsp3) is 0. The molecule has 0 fully saturated rings. The number of pyridine rings is 1. The van der Waals surface area contributed by atoms with Gasteiger partial charge >= 0.3 is 0 Å². The fourth-order valence-electron chi connectivity index (χ4n) is 2.05. The summed E-state index contributed by atoms with van der Waals surface area (Å²) in [4.78, 5) is 4.34. The molecule has 0 aliphatic carbocycles. The molecule has 0 amide bonds. The highest BCUT2D eigenvalue weighted by atomic mass is 35.5. The first-order valence-electron chi connectivity index (χ1n) is 6.99. The second-order valence-corrected chi connectivity index (χ2v) is 5.19. The highest BCUT2D eigenvalue weighted by Gasteiger charge is 2.08. The van der Waals surface area contributed by atoms with E-state index in [1.165, 1.54) is 12.1 Å². The maximum Gasteiger partial charge on any atom is 0.141 e. The lowest BCUT2D eigenvalue weighted by atomic mass is 10.1. The van der Waals surface area contributed by atoms with Crippen molar-refractivity contribution in [1.82, 2.24) is 4.98 Å². The van der Waals surface area contributed by atoms with Crippen LogP contribution in [0.3, 0.4) is 0 Å². The summed E-state index contributed by atoms with van der Waals surface area (Å²) in [5.74, 6) is -0.464. The number of benzene rings is 2. The van der Waals surface area contributed by atoms with Gasteiger partial charge in [0, 0.05) is 11.8 Å². The number of hydrogen-bond donors (Lipinski definition) is 1. The predicted molar refractivity (Wildman–Crippen MR) is 91.4 cm³/mol. The number of nitrogens with one attached hydrogen (secondary N) is 1. The maximum atomic E-state index is 13.2. The molecule has 114 valence electrons. The van der Waals surface area contributed by atoms with Crippen LogP contribution in [0.15, 0.2) is 78.0 Å². The number of aromatic nitrogens is 1. The van der Waals surface area contributed by atoms with Gasteiger partial charge in [-0.1, -0.05) is 48.0 Å². The minimum atomic E-state index is -0.464. The summed E-state index contributed by atoms with van der Waals surface area (Å²) in [5, 5.41) is 4.47. The minimum absolute atomic E-state index is 0.0456. The molecule has 0 spiro atoms. The Kier molecular flexibility index (Phi) is 4.64. The van der Waals surface area contributed by atoms with Crippen LogP contribution in [0.4, 0.5) is 10.1 Å². The molecule has 0 aliphatic heterocycles. The van der Waals surface area contributed by atoms with Crippen molar-refractivity contribution in [3.63, 3.8) is 0 Å². The molecule has 5 heteroatoms. The molecule has 0 unspecified atom stereocenters. The molecule has 1 aromatic heterocycles. The van der Waals surface area contributed by atoms with Crippen molar-refractivity contribution in [2.45, 2.75) is 0 Å². The Bertz CT molecular complexity index is 779. The molecule has 3 nitrogen and oxygen atoms in total. The largest absolute Gasteiger partial charge is 0.278 e. The van der Waals surface area contributed by atoms with E-state index in [2.05, 4.69) is 15.5 Å². The summed E-state index contributed by atoms with van der Waals surface area (Å²) in [5.41, 5.74) is 5.85. The van der Waals surface area contributed by atoms with E-state index < -0.39 is 5.82 Å². The standard InChI is InChI=1S/C18H13ClFN3/c19-15-12-14(9-10-16(15)20)22-23-18(13-6-2-1-3-7-13)17-8-4-5-11-21-17/h1-12,22H/b23-18+. The molecule has 0 saturated carbocycles. The molecule has 0 aliphatic rings. The number of nitrogens with zero attached hydrogens (tertiary/aromatic N) is 2. The SMILES string of the molecule is Fc1ccc(N/N=C(\c2ccccc2)c2ccccn2)cc1Cl. The van der Waals surface area contributed by atoms with Crippen LogP contribution < -0.4 is 5.43 Å². The van der Waals surface area contributed by atoms with E-state index in [1.807, 2.05) is 48.5 Å². The Labute approximate surface area is 138 Å². The Hall–Kier alpha value is -2.72. The van der Waals surface area contributed by atoms with Crippen molar-refractivity contribution >= 4 is 23.0 Å². The van der Waals surface area contributed by atoms with Crippen LogP contribution in [0, 0.1) is 5.82 Å². The van der Waals surface area contributed by atoms with Gasteiger partial charge in [0.2, 0.25) is 0 Å². The topological polar surface area (TPSA) is 37.3 Å². The van der Waals surface area contributed by atoms with E-state index in [1.54, 1.807) is 12.3 Å². The van der Waals surface area contributed by atoms with E-state index in [-0.39, 0.29) is 5.02 Å². The summed E-state index contributed by atoms with van der Waals surface area (Å²) < 4.78 is 13.2. The first kappa shape index (κ1) is 15.2. The van der Waals surface area contributed by atoms with Gasteiger partial charge in [0.15, 0.2) is 0 Å². The molecule has 23 heavy (non-hydrogen) atoms. The van der Waals surface area contributed by atoms with Crippen LogP contribution in [0.5, 0.6) is 0 Å². The lowest BCUT2D eigenvalue weighted by Crippen LogP contribution is -2.08. The minimum Gasteiger partial charge on any atom is -0.278 e. The van der Waals surface area contributed by atoms with Crippen LogP contribution in [0.1, 0.15) is 11.3 Å². The van der Waals surface area contributed by atoms with Crippen LogP contribution in [0.2, 0.25) is 5.02 Å². The molecule has 1 heterocycles. The zero-order valence-corrected chi connectivity index (χ0v) is 12.8. The van der Waals surface area contributed by atoms with E-state index in [4.69, 9.17) is 11.6 Å². The third kappa shape index (κ3) is 3.73. The molecule has 3 rings (SSSR count). The van der Waals surface area contributed by atoms with Crippen molar-refractivity contribution in [1.29, 1.82) is 0 Å². The third-order valence-corrected chi connectivity index (χ3v) is 3.46. The summed E-state index contributed by atoms with van der Waals surface area (Å²) in [6, 6.07) is 19.7. The van der Waals surface area contributed by atoms with Crippen molar-refractivity contribution in [3.05, 3.63) is 95.0 Å². The van der Waals surface area contributed by atoms with Crippen molar-refractivity contribution < 1.29 is 4.39 Å². The van der Waals surface area contributed by atoms with Crippen LogP contribution in [-0.2, 0) is 0 Å². The Morgan fingerprint density at radius 1 is 1.00 bits per heavy atom. The van der Waals surface area contributed by atoms with E-state index in [0.29, 0.717) is 11.4 Å². The number of rotatable bonds is 4. The van der Waals surface area contributed by atoms with Gasteiger partial charge in [-0.25, -0.2) is 4.39 Å².